The quantitative estimate of drug-likeness (QED) is 0.831. The van der Waals surface area contributed by atoms with Crippen molar-refractivity contribution in [2.45, 2.75) is 45.6 Å². The molecule has 0 radical (unpaired) electrons. The van der Waals surface area contributed by atoms with Gasteiger partial charge in [-0.05, 0) is 40.2 Å². The first-order valence-electron chi connectivity index (χ1n) is 6.54. The Balaban J connectivity index is 2.39. The van der Waals surface area contributed by atoms with E-state index in [2.05, 4.69) is 0 Å². The van der Waals surface area contributed by atoms with Crippen LogP contribution in [-0.4, -0.2) is 42.0 Å². The maximum absolute atomic E-state index is 11.8. The van der Waals surface area contributed by atoms with Crippen molar-refractivity contribution < 1.29 is 14.3 Å². The van der Waals surface area contributed by atoms with Gasteiger partial charge < -0.3 is 15.4 Å². The molecule has 0 saturated carbocycles. The lowest BCUT2D eigenvalue weighted by Crippen LogP contribution is -2.43. The second kappa shape index (κ2) is 6.18. The largest absolute Gasteiger partial charge is 0.444 e. The first kappa shape index (κ1) is 15.0. The summed E-state index contributed by atoms with van der Waals surface area (Å²) in [6.07, 6.45) is 1.60. The first-order valence-corrected chi connectivity index (χ1v) is 6.54. The van der Waals surface area contributed by atoms with Crippen molar-refractivity contribution in [2.24, 2.45) is 11.7 Å². The van der Waals surface area contributed by atoms with Gasteiger partial charge >= 0.3 is 6.09 Å². The molecule has 0 atom stereocenters. The third-order valence-corrected chi connectivity index (χ3v) is 2.99. The second-order valence-corrected chi connectivity index (χ2v) is 5.75. The summed E-state index contributed by atoms with van der Waals surface area (Å²) in [6.45, 7) is 7.14. The van der Waals surface area contributed by atoms with Crippen LogP contribution in [0, 0.1) is 5.92 Å². The lowest BCUT2D eigenvalue weighted by atomic mass is 9.91. The smallest absolute Gasteiger partial charge is 0.410 e. The summed E-state index contributed by atoms with van der Waals surface area (Å²) in [6, 6.07) is 0. The number of rotatable bonds is 3. The molecule has 0 aliphatic carbocycles. The van der Waals surface area contributed by atoms with Crippen LogP contribution in [0.4, 0.5) is 4.79 Å². The molecule has 18 heavy (non-hydrogen) atoms. The summed E-state index contributed by atoms with van der Waals surface area (Å²) in [5, 5.41) is 0. The minimum atomic E-state index is -0.469. The van der Waals surface area contributed by atoms with Crippen LogP contribution in [-0.2, 0) is 9.53 Å². The molecule has 5 nitrogen and oxygen atoms in total. The number of carbonyl (C=O) groups excluding carboxylic acids is 2. The normalized spacial score (nSPS) is 17.7. The molecule has 2 N–H and O–H groups in total. The number of ketones is 1. The topological polar surface area (TPSA) is 72.6 Å². The van der Waals surface area contributed by atoms with E-state index in [1.165, 1.54) is 0 Å². The van der Waals surface area contributed by atoms with E-state index in [4.69, 9.17) is 10.5 Å². The molecule has 1 rings (SSSR count). The van der Waals surface area contributed by atoms with Gasteiger partial charge in [-0.15, -0.1) is 0 Å². The Morgan fingerprint density at radius 1 is 1.28 bits per heavy atom. The van der Waals surface area contributed by atoms with Crippen molar-refractivity contribution in [1.82, 2.24) is 4.90 Å². The molecule has 1 amide bonds. The van der Waals surface area contributed by atoms with Gasteiger partial charge in [-0.3, -0.25) is 4.79 Å². The van der Waals surface area contributed by atoms with E-state index in [1.54, 1.807) is 4.90 Å². The van der Waals surface area contributed by atoms with Gasteiger partial charge in [0.2, 0.25) is 0 Å². The number of piperidine rings is 1. The highest BCUT2D eigenvalue weighted by Crippen LogP contribution is 2.21. The van der Waals surface area contributed by atoms with E-state index in [-0.39, 0.29) is 17.8 Å². The minimum Gasteiger partial charge on any atom is -0.444 e. The monoisotopic (exact) mass is 256 g/mol. The highest BCUT2D eigenvalue weighted by molar-refractivity contribution is 5.81. The zero-order chi connectivity index (χ0) is 13.8. The SMILES string of the molecule is CC(C)(C)OC(=O)N1CCC(C(=O)CCN)CC1. The van der Waals surface area contributed by atoms with Crippen molar-refractivity contribution >= 4 is 11.9 Å². The van der Waals surface area contributed by atoms with Gasteiger partial charge in [0, 0.05) is 25.4 Å². The average Bonchev–Trinajstić information content (AvgIpc) is 2.27. The van der Waals surface area contributed by atoms with Gasteiger partial charge in [-0.25, -0.2) is 4.79 Å². The van der Waals surface area contributed by atoms with Gasteiger partial charge in [0.05, 0.1) is 0 Å². The first-order chi connectivity index (χ1) is 8.33. The fourth-order valence-electron chi connectivity index (χ4n) is 2.06. The van der Waals surface area contributed by atoms with Gasteiger partial charge in [0.25, 0.3) is 0 Å². The molecule has 0 aromatic carbocycles. The Kier molecular flexibility index (Phi) is 5.14. The predicted octanol–water partition coefficient (Wildman–Crippen LogP) is 1.55. The summed E-state index contributed by atoms with van der Waals surface area (Å²) in [7, 11) is 0. The Hall–Kier alpha value is -1.10. The summed E-state index contributed by atoms with van der Waals surface area (Å²) >= 11 is 0. The Bertz CT molecular complexity index is 302. The zero-order valence-electron chi connectivity index (χ0n) is 11.6. The van der Waals surface area contributed by atoms with Crippen LogP contribution in [0.2, 0.25) is 0 Å². The maximum Gasteiger partial charge on any atom is 0.410 e. The number of likely N-dealkylation sites (tertiary alicyclic amines) is 1. The second-order valence-electron chi connectivity index (χ2n) is 5.75. The highest BCUT2D eigenvalue weighted by Gasteiger charge is 2.29. The number of nitrogens with two attached hydrogens (primary N) is 1. The summed E-state index contributed by atoms with van der Waals surface area (Å²) in [4.78, 5) is 25.2. The Morgan fingerprint density at radius 2 is 1.83 bits per heavy atom. The fourth-order valence-corrected chi connectivity index (χ4v) is 2.06. The number of amides is 1. The summed E-state index contributed by atoms with van der Waals surface area (Å²) in [5.74, 6) is 0.286. The van der Waals surface area contributed by atoms with Crippen molar-refractivity contribution in [2.75, 3.05) is 19.6 Å². The number of Topliss-reactive ketones (excluding diaryl/α,β-unsaturated/α-hetero) is 1. The van der Waals surface area contributed by atoms with E-state index in [9.17, 15) is 9.59 Å². The van der Waals surface area contributed by atoms with Crippen LogP contribution in [0.5, 0.6) is 0 Å². The fraction of sp³-hybridized carbons (Fsp3) is 0.846. The minimum absolute atomic E-state index is 0.0623. The van der Waals surface area contributed by atoms with E-state index < -0.39 is 5.60 Å². The van der Waals surface area contributed by atoms with Crippen LogP contribution in [0.25, 0.3) is 0 Å². The van der Waals surface area contributed by atoms with Crippen LogP contribution in [0.3, 0.4) is 0 Å². The Labute approximate surface area is 109 Å². The average molecular weight is 256 g/mol. The van der Waals surface area contributed by atoms with Gasteiger partial charge in [-0.2, -0.15) is 0 Å². The zero-order valence-corrected chi connectivity index (χ0v) is 11.6. The molecule has 0 aromatic rings. The highest BCUT2D eigenvalue weighted by atomic mass is 16.6. The van der Waals surface area contributed by atoms with Crippen LogP contribution in [0.15, 0.2) is 0 Å². The van der Waals surface area contributed by atoms with E-state index in [1.807, 2.05) is 20.8 Å². The molecule has 1 fully saturated rings. The van der Waals surface area contributed by atoms with Crippen LogP contribution < -0.4 is 5.73 Å². The Morgan fingerprint density at radius 3 is 2.28 bits per heavy atom. The van der Waals surface area contributed by atoms with Crippen molar-refractivity contribution in [3.63, 3.8) is 0 Å². The lowest BCUT2D eigenvalue weighted by molar-refractivity contribution is -0.124. The van der Waals surface area contributed by atoms with Crippen molar-refractivity contribution in [1.29, 1.82) is 0 Å². The molecule has 0 bridgehead atoms. The number of carbonyl (C=O) groups is 2. The van der Waals surface area contributed by atoms with E-state index in [0.717, 1.165) is 12.8 Å². The van der Waals surface area contributed by atoms with Gasteiger partial charge in [-0.1, -0.05) is 0 Å². The van der Waals surface area contributed by atoms with E-state index >= 15 is 0 Å². The number of hydrogen-bond donors (Lipinski definition) is 1. The molecule has 1 saturated heterocycles. The third-order valence-electron chi connectivity index (χ3n) is 2.99. The molecule has 104 valence electrons. The predicted molar refractivity (Wildman–Crippen MR) is 69.2 cm³/mol. The molecule has 5 heteroatoms. The van der Waals surface area contributed by atoms with Crippen LogP contribution >= 0.6 is 0 Å². The van der Waals surface area contributed by atoms with Crippen molar-refractivity contribution in [3.05, 3.63) is 0 Å². The number of nitrogens with zero attached hydrogens (tertiary/aromatic N) is 1. The van der Waals surface area contributed by atoms with Gasteiger partial charge in [0.15, 0.2) is 0 Å². The molecule has 1 heterocycles. The van der Waals surface area contributed by atoms with Crippen LogP contribution in [0.1, 0.15) is 40.0 Å². The molecule has 1 aliphatic rings. The standard InChI is InChI=1S/C13H24N2O3/c1-13(2,3)18-12(17)15-8-5-10(6-9-15)11(16)4-7-14/h10H,4-9,14H2,1-3H3. The van der Waals surface area contributed by atoms with Crippen molar-refractivity contribution in [3.8, 4) is 0 Å². The molecule has 0 unspecified atom stereocenters. The molecule has 0 spiro atoms. The third kappa shape index (κ3) is 4.64. The van der Waals surface area contributed by atoms with Gasteiger partial charge in [0.1, 0.15) is 11.4 Å². The number of hydrogen-bond acceptors (Lipinski definition) is 4. The summed E-state index contributed by atoms with van der Waals surface area (Å²) in [5.41, 5.74) is 4.91. The lowest BCUT2D eigenvalue weighted by Gasteiger charge is -2.32. The van der Waals surface area contributed by atoms with E-state index in [0.29, 0.717) is 26.1 Å². The maximum atomic E-state index is 11.8. The molecular formula is C13H24N2O3. The molecule has 1 aliphatic heterocycles. The molecule has 0 aromatic heterocycles. The number of ether oxygens (including phenoxy) is 1. The summed E-state index contributed by atoms with van der Waals surface area (Å²) < 4.78 is 5.30. The molecular weight excluding hydrogens is 232 g/mol.